The van der Waals surface area contributed by atoms with Crippen LogP contribution in [0, 0.1) is 0 Å². The summed E-state index contributed by atoms with van der Waals surface area (Å²) in [6.07, 6.45) is -0.629. The predicted molar refractivity (Wildman–Crippen MR) is 65.4 cm³/mol. The molecule has 0 fully saturated rings. The van der Waals surface area contributed by atoms with E-state index in [-0.39, 0.29) is 6.04 Å². The van der Waals surface area contributed by atoms with Crippen molar-refractivity contribution in [1.29, 1.82) is 0 Å². The van der Waals surface area contributed by atoms with Crippen LogP contribution in [0.3, 0.4) is 0 Å². The van der Waals surface area contributed by atoms with Gasteiger partial charge in [0.2, 0.25) is 0 Å². The summed E-state index contributed by atoms with van der Waals surface area (Å²) in [6.45, 7) is 7.95. The van der Waals surface area contributed by atoms with Gasteiger partial charge in [0.05, 0.1) is 6.10 Å². The lowest BCUT2D eigenvalue weighted by molar-refractivity contribution is 0.153. The summed E-state index contributed by atoms with van der Waals surface area (Å²) < 4.78 is 5.45. The van der Waals surface area contributed by atoms with E-state index in [4.69, 9.17) is 10.5 Å². The van der Waals surface area contributed by atoms with E-state index in [1.807, 2.05) is 31.2 Å². The first-order valence-electron chi connectivity index (χ1n) is 5.31. The average Bonchev–Trinajstić information content (AvgIpc) is 2.26. The Labute approximate surface area is 96.5 Å². The number of hydrogen-bond acceptors (Lipinski definition) is 3. The standard InChI is InChI=1S/C13H19NO2/c1-9(2)8-16-12-6-4-11(5-7-12)13(15)10(3)14/h4-7,10,13,15H,1,8,14H2,2-3H3. The molecule has 0 aliphatic carbocycles. The lowest BCUT2D eigenvalue weighted by atomic mass is 10.0. The Balaban J connectivity index is 2.64. The number of aliphatic hydroxyl groups excluding tert-OH is 1. The third-order valence-corrected chi connectivity index (χ3v) is 2.20. The van der Waals surface area contributed by atoms with Crippen LogP contribution in [0.2, 0.25) is 0 Å². The van der Waals surface area contributed by atoms with Crippen LogP contribution in [0.15, 0.2) is 36.4 Å². The van der Waals surface area contributed by atoms with E-state index in [0.717, 1.165) is 16.9 Å². The van der Waals surface area contributed by atoms with Gasteiger partial charge in [0.15, 0.2) is 0 Å². The molecule has 2 unspecified atom stereocenters. The molecule has 0 heterocycles. The van der Waals surface area contributed by atoms with Gasteiger partial charge in [0.1, 0.15) is 12.4 Å². The Bertz CT molecular complexity index is 343. The summed E-state index contributed by atoms with van der Waals surface area (Å²) in [6, 6.07) is 7.01. The number of nitrogens with two attached hydrogens (primary N) is 1. The van der Waals surface area contributed by atoms with Gasteiger partial charge in [-0.2, -0.15) is 0 Å². The molecule has 3 nitrogen and oxygen atoms in total. The molecule has 0 bridgehead atoms. The van der Waals surface area contributed by atoms with E-state index in [2.05, 4.69) is 6.58 Å². The molecule has 1 rings (SSSR count). The van der Waals surface area contributed by atoms with Crippen molar-refractivity contribution in [3.05, 3.63) is 42.0 Å². The van der Waals surface area contributed by atoms with Crippen molar-refractivity contribution >= 4 is 0 Å². The van der Waals surface area contributed by atoms with Gasteiger partial charge >= 0.3 is 0 Å². The van der Waals surface area contributed by atoms with Gasteiger partial charge in [-0.3, -0.25) is 0 Å². The van der Waals surface area contributed by atoms with E-state index in [0.29, 0.717) is 6.61 Å². The second-order valence-electron chi connectivity index (χ2n) is 4.12. The summed E-state index contributed by atoms with van der Waals surface area (Å²) in [5.74, 6) is 0.767. The molecule has 0 amide bonds. The molecule has 0 aromatic heterocycles. The van der Waals surface area contributed by atoms with Crippen LogP contribution in [-0.2, 0) is 0 Å². The van der Waals surface area contributed by atoms with Gasteiger partial charge in [0, 0.05) is 6.04 Å². The molecule has 0 spiro atoms. The quantitative estimate of drug-likeness (QED) is 0.748. The molecule has 0 saturated carbocycles. The topological polar surface area (TPSA) is 55.5 Å². The van der Waals surface area contributed by atoms with Gasteiger partial charge in [-0.1, -0.05) is 18.7 Å². The minimum atomic E-state index is -0.629. The fourth-order valence-corrected chi connectivity index (χ4v) is 1.27. The van der Waals surface area contributed by atoms with E-state index >= 15 is 0 Å². The first kappa shape index (κ1) is 12.7. The Morgan fingerprint density at radius 1 is 1.44 bits per heavy atom. The van der Waals surface area contributed by atoms with Crippen molar-refractivity contribution in [3.8, 4) is 5.75 Å². The van der Waals surface area contributed by atoms with Crippen molar-refractivity contribution in [2.24, 2.45) is 5.73 Å². The smallest absolute Gasteiger partial charge is 0.119 e. The van der Waals surface area contributed by atoms with E-state index in [9.17, 15) is 5.11 Å². The number of rotatable bonds is 5. The van der Waals surface area contributed by atoms with Crippen LogP contribution < -0.4 is 10.5 Å². The molecule has 1 aromatic rings. The zero-order chi connectivity index (χ0) is 12.1. The summed E-state index contributed by atoms with van der Waals surface area (Å²) in [4.78, 5) is 0. The van der Waals surface area contributed by atoms with Gasteiger partial charge < -0.3 is 15.6 Å². The second kappa shape index (κ2) is 5.68. The first-order valence-corrected chi connectivity index (χ1v) is 5.31. The van der Waals surface area contributed by atoms with Crippen molar-refractivity contribution < 1.29 is 9.84 Å². The molecule has 0 aliphatic rings. The third-order valence-electron chi connectivity index (χ3n) is 2.20. The fraction of sp³-hybridized carbons (Fsp3) is 0.385. The first-order chi connectivity index (χ1) is 7.50. The number of ether oxygens (including phenoxy) is 1. The molecule has 3 N–H and O–H groups in total. The monoisotopic (exact) mass is 221 g/mol. The molecule has 0 aliphatic heterocycles. The largest absolute Gasteiger partial charge is 0.489 e. The van der Waals surface area contributed by atoms with E-state index in [1.165, 1.54) is 0 Å². The van der Waals surface area contributed by atoms with Crippen molar-refractivity contribution in [2.75, 3.05) is 6.61 Å². The van der Waals surface area contributed by atoms with Crippen molar-refractivity contribution in [2.45, 2.75) is 26.0 Å². The molecule has 88 valence electrons. The Kier molecular flexibility index (Phi) is 4.52. The van der Waals surface area contributed by atoms with Crippen LogP contribution >= 0.6 is 0 Å². The van der Waals surface area contributed by atoms with Crippen LogP contribution in [0.4, 0.5) is 0 Å². The third kappa shape index (κ3) is 3.68. The summed E-state index contributed by atoms with van der Waals surface area (Å²) in [7, 11) is 0. The lowest BCUT2D eigenvalue weighted by Gasteiger charge is -2.15. The SMILES string of the molecule is C=C(C)COc1ccc(C(O)C(C)N)cc1. The molecule has 16 heavy (non-hydrogen) atoms. The zero-order valence-electron chi connectivity index (χ0n) is 9.81. The number of hydrogen-bond donors (Lipinski definition) is 2. The zero-order valence-corrected chi connectivity index (χ0v) is 9.81. The van der Waals surface area contributed by atoms with Crippen LogP contribution in [0.5, 0.6) is 5.75 Å². The fourth-order valence-electron chi connectivity index (χ4n) is 1.27. The molecule has 0 radical (unpaired) electrons. The molecular formula is C13H19NO2. The molecule has 1 aromatic carbocycles. The number of aliphatic hydroxyl groups is 1. The van der Waals surface area contributed by atoms with Gasteiger partial charge in [-0.25, -0.2) is 0 Å². The summed E-state index contributed by atoms with van der Waals surface area (Å²) >= 11 is 0. The van der Waals surface area contributed by atoms with Gasteiger partial charge in [-0.15, -0.1) is 0 Å². The Morgan fingerprint density at radius 3 is 2.44 bits per heavy atom. The maximum atomic E-state index is 9.73. The maximum Gasteiger partial charge on any atom is 0.119 e. The Morgan fingerprint density at radius 2 is 2.00 bits per heavy atom. The van der Waals surface area contributed by atoms with Crippen molar-refractivity contribution in [3.63, 3.8) is 0 Å². The van der Waals surface area contributed by atoms with Crippen LogP contribution in [0.25, 0.3) is 0 Å². The highest BCUT2D eigenvalue weighted by Gasteiger charge is 2.11. The minimum Gasteiger partial charge on any atom is -0.489 e. The lowest BCUT2D eigenvalue weighted by Crippen LogP contribution is -2.24. The highest BCUT2D eigenvalue weighted by molar-refractivity contribution is 5.29. The highest BCUT2D eigenvalue weighted by atomic mass is 16.5. The molecule has 0 saturated heterocycles. The van der Waals surface area contributed by atoms with Gasteiger partial charge in [0.25, 0.3) is 0 Å². The molecule has 3 heteroatoms. The second-order valence-corrected chi connectivity index (χ2v) is 4.12. The van der Waals surface area contributed by atoms with E-state index in [1.54, 1.807) is 6.92 Å². The van der Waals surface area contributed by atoms with Crippen LogP contribution in [0.1, 0.15) is 25.5 Å². The van der Waals surface area contributed by atoms with E-state index < -0.39 is 6.10 Å². The number of benzene rings is 1. The maximum absolute atomic E-state index is 9.73. The molecule has 2 atom stereocenters. The van der Waals surface area contributed by atoms with Crippen molar-refractivity contribution in [1.82, 2.24) is 0 Å². The van der Waals surface area contributed by atoms with Crippen LogP contribution in [-0.4, -0.2) is 17.8 Å². The minimum absolute atomic E-state index is 0.276. The average molecular weight is 221 g/mol. The highest BCUT2D eigenvalue weighted by Crippen LogP contribution is 2.19. The summed E-state index contributed by atoms with van der Waals surface area (Å²) in [5.41, 5.74) is 7.39. The Hall–Kier alpha value is -1.32. The molecular weight excluding hydrogens is 202 g/mol. The predicted octanol–water partition coefficient (Wildman–Crippen LogP) is 2.02. The van der Waals surface area contributed by atoms with Gasteiger partial charge in [-0.05, 0) is 37.1 Å². The summed E-state index contributed by atoms with van der Waals surface area (Å²) in [5, 5.41) is 9.73. The normalized spacial score (nSPS) is 14.2.